The number of nitriles is 1. The fourth-order valence-electron chi connectivity index (χ4n) is 1.95. The van der Waals surface area contributed by atoms with E-state index in [-0.39, 0.29) is 5.92 Å². The number of hydrogen-bond acceptors (Lipinski definition) is 2. The fourth-order valence-corrected chi connectivity index (χ4v) is 1.95. The van der Waals surface area contributed by atoms with Crippen LogP contribution in [0.2, 0.25) is 0 Å². The standard InChI is InChI=1S/C16H16N2/c1-13-4-6-14(7-5-13)8-9-15(11-17)16-3-2-10-18-12-16/h2-7,10,12,15H,8-9H2,1H3. The van der Waals surface area contributed by atoms with E-state index in [1.54, 1.807) is 12.4 Å². The van der Waals surface area contributed by atoms with Crippen molar-refractivity contribution < 1.29 is 0 Å². The molecule has 0 saturated heterocycles. The highest BCUT2D eigenvalue weighted by atomic mass is 14.6. The average molecular weight is 236 g/mol. The SMILES string of the molecule is Cc1ccc(CCC(C#N)c2cccnc2)cc1. The Balaban J connectivity index is 2.00. The van der Waals surface area contributed by atoms with Crippen molar-refractivity contribution in [3.05, 3.63) is 65.5 Å². The molecular formula is C16H16N2. The maximum Gasteiger partial charge on any atom is 0.0730 e. The largest absolute Gasteiger partial charge is 0.264 e. The Morgan fingerprint density at radius 2 is 2.00 bits per heavy atom. The lowest BCUT2D eigenvalue weighted by atomic mass is 9.94. The summed E-state index contributed by atoms with van der Waals surface area (Å²) in [6, 6.07) is 14.7. The number of benzene rings is 1. The normalized spacial score (nSPS) is 11.8. The minimum atomic E-state index is -0.0694. The van der Waals surface area contributed by atoms with Gasteiger partial charge in [-0.15, -0.1) is 0 Å². The quantitative estimate of drug-likeness (QED) is 0.812. The second-order valence-electron chi connectivity index (χ2n) is 4.49. The minimum absolute atomic E-state index is 0.0694. The second-order valence-corrected chi connectivity index (χ2v) is 4.49. The van der Waals surface area contributed by atoms with Crippen LogP contribution in [-0.2, 0) is 6.42 Å². The molecule has 0 aliphatic carbocycles. The van der Waals surface area contributed by atoms with E-state index in [0.717, 1.165) is 18.4 Å². The van der Waals surface area contributed by atoms with E-state index < -0.39 is 0 Å². The summed E-state index contributed by atoms with van der Waals surface area (Å²) in [4.78, 5) is 4.07. The molecule has 0 aliphatic heterocycles. The predicted molar refractivity (Wildman–Crippen MR) is 72.1 cm³/mol. The number of aromatic nitrogens is 1. The summed E-state index contributed by atoms with van der Waals surface area (Å²) in [7, 11) is 0. The summed E-state index contributed by atoms with van der Waals surface area (Å²) < 4.78 is 0. The Morgan fingerprint density at radius 3 is 2.61 bits per heavy atom. The summed E-state index contributed by atoms with van der Waals surface area (Å²) in [5, 5.41) is 9.22. The van der Waals surface area contributed by atoms with Gasteiger partial charge in [0.2, 0.25) is 0 Å². The van der Waals surface area contributed by atoms with Gasteiger partial charge in [-0.1, -0.05) is 35.9 Å². The number of rotatable bonds is 4. The Hall–Kier alpha value is -2.14. The summed E-state index contributed by atoms with van der Waals surface area (Å²) in [6.07, 6.45) is 5.28. The van der Waals surface area contributed by atoms with Gasteiger partial charge < -0.3 is 0 Å². The summed E-state index contributed by atoms with van der Waals surface area (Å²) >= 11 is 0. The Bertz CT molecular complexity index is 523. The van der Waals surface area contributed by atoms with Gasteiger partial charge >= 0.3 is 0 Å². The van der Waals surface area contributed by atoms with E-state index in [1.807, 2.05) is 12.1 Å². The van der Waals surface area contributed by atoms with Crippen molar-refractivity contribution in [2.45, 2.75) is 25.7 Å². The average Bonchev–Trinajstić information content (AvgIpc) is 2.43. The summed E-state index contributed by atoms with van der Waals surface area (Å²) in [5.41, 5.74) is 3.56. The first-order valence-corrected chi connectivity index (χ1v) is 6.14. The van der Waals surface area contributed by atoms with E-state index in [1.165, 1.54) is 11.1 Å². The lowest BCUT2D eigenvalue weighted by Crippen LogP contribution is -1.98. The minimum Gasteiger partial charge on any atom is -0.264 e. The highest BCUT2D eigenvalue weighted by Gasteiger charge is 2.10. The van der Waals surface area contributed by atoms with Gasteiger partial charge in [0.05, 0.1) is 12.0 Å². The van der Waals surface area contributed by atoms with Gasteiger partial charge in [0, 0.05) is 12.4 Å². The van der Waals surface area contributed by atoms with Crippen LogP contribution in [0.25, 0.3) is 0 Å². The van der Waals surface area contributed by atoms with Crippen LogP contribution in [0, 0.1) is 18.3 Å². The Morgan fingerprint density at radius 1 is 1.22 bits per heavy atom. The van der Waals surface area contributed by atoms with Crippen LogP contribution < -0.4 is 0 Å². The maximum absolute atomic E-state index is 9.22. The summed E-state index contributed by atoms with van der Waals surface area (Å²) in [5.74, 6) is -0.0694. The van der Waals surface area contributed by atoms with Crippen molar-refractivity contribution in [1.29, 1.82) is 5.26 Å². The number of pyridine rings is 1. The highest BCUT2D eigenvalue weighted by Crippen LogP contribution is 2.20. The number of nitrogens with zero attached hydrogens (tertiary/aromatic N) is 2. The smallest absolute Gasteiger partial charge is 0.0730 e. The topological polar surface area (TPSA) is 36.7 Å². The van der Waals surface area contributed by atoms with Gasteiger partial charge in [0.15, 0.2) is 0 Å². The van der Waals surface area contributed by atoms with Crippen molar-refractivity contribution in [3.63, 3.8) is 0 Å². The predicted octanol–water partition coefficient (Wildman–Crippen LogP) is 3.63. The first-order chi connectivity index (χ1) is 8.79. The Kier molecular flexibility index (Phi) is 4.09. The van der Waals surface area contributed by atoms with Crippen molar-refractivity contribution in [2.75, 3.05) is 0 Å². The van der Waals surface area contributed by atoms with E-state index in [4.69, 9.17) is 0 Å². The van der Waals surface area contributed by atoms with E-state index in [0.29, 0.717) is 0 Å². The molecule has 1 unspecified atom stereocenters. The molecule has 0 spiro atoms. The molecule has 1 atom stereocenters. The zero-order valence-electron chi connectivity index (χ0n) is 10.5. The van der Waals surface area contributed by atoms with Gasteiger partial charge in [-0.3, -0.25) is 4.98 Å². The molecule has 0 N–H and O–H groups in total. The van der Waals surface area contributed by atoms with E-state index in [2.05, 4.69) is 42.2 Å². The Labute approximate surface area is 108 Å². The van der Waals surface area contributed by atoms with Crippen molar-refractivity contribution in [1.82, 2.24) is 4.98 Å². The first-order valence-electron chi connectivity index (χ1n) is 6.14. The third kappa shape index (κ3) is 3.18. The molecule has 1 aromatic heterocycles. The van der Waals surface area contributed by atoms with Crippen molar-refractivity contribution >= 4 is 0 Å². The molecular weight excluding hydrogens is 220 g/mol. The fraction of sp³-hybridized carbons (Fsp3) is 0.250. The molecule has 90 valence electrons. The van der Waals surface area contributed by atoms with Crippen LogP contribution in [0.15, 0.2) is 48.8 Å². The van der Waals surface area contributed by atoms with Crippen LogP contribution in [0.3, 0.4) is 0 Å². The van der Waals surface area contributed by atoms with Crippen LogP contribution in [0.1, 0.15) is 29.0 Å². The molecule has 18 heavy (non-hydrogen) atoms. The zero-order valence-corrected chi connectivity index (χ0v) is 10.5. The zero-order chi connectivity index (χ0) is 12.8. The molecule has 2 aromatic rings. The van der Waals surface area contributed by atoms with Crippen LogP contribution in [0.4, 0.5) is 0 Å². The van der Waals surface area contributed by atoms with Gasteiger partial charge in [-0.05, 0) is 37.0 Å². The van der Waals surface area contributed by atoms with E-state index in [9.17, 15) is 5.26 Å². The molecule has 0 saturated carbocycles. The molecule has 0 radical (unpaired) electrons. The molecule has 0 bridgehead atoms. The molecule has 2 nitrogen and oxygen atoms in total. The van der Waals surface area contributed by atoms with Crippen molar-refractivity contribution in [3.8, 4) is 6.07 Å². The van der Waals surface area contributed by atoms with Crippen LogP contribution >= 0.6 is 0 Å². The summed E-state index contributed by atoms with van der Waals surface area (Å²) in [6.45, 7) is 2.08. The molecule has 2 heteroatoms. The lowest BCUT2D eigenvalue weighted by molar-refractivity contribution is 0.743. The molecule has 0 aliphatic rings. The highest BCUT2D eigenvalue weighted by molar-refractivity contribution is 5.24. The molecule has 2 rings (SSSR count). The molecule has 1 heterocycles. The monoisotopic (exact) mass is 236 g/mol. The van der Waals surface area contributed by atoms with E-state index >= 15 is 0 Å². The lowest BCUT2D eigenvalue weighted by Gasteiger charge is -2.08. The third-order valence-electron chi connectivity index (χ3n) is 3.08. The van der Waals surface area contributed by atoms with Gasteiger partial charge in [-0.25, -0.2) is 0 Å². The molecule has 0 amide bonds. The van der Waals surface area contributed by atoms with Crippen LogP contribution in [-0.4, -0.2) is 4.98 Å². The van der Waals surface area contributed by atoms with Crippen molar-refractivity contribution in [2.24, 2.45) is 0 Å². The van der Waals surface area contributed by atoms with Crippen LogP contribution in [0.5, 0.6) is 0 Å². The molecule has 1 aromatic carbocycles. The third-order valence-corrected chi connectivity index (χ3v) is 3.08. The van der Waals surface area contributed by atoms with Gasteiger partial charge in [0.25, 0.3) is 0 Å². The van der Waals surface area contributed by atoms with Gasteiger partial charge in [-0.2, -0.15) is 5.26 Å². The molecule has 0 fully saturated rings. The van der Waals surface area contributed by atoms with Gasteiger partial charge in [0.1, 0.15) is 0 Å². The first kappa shape index (κ1) is 12.3. The maximum atomic E-state index is 9.22. The number of aryl methyl sites for hydroxylation is 2. The number of hydrogen-bond donors (Lipinski definition) is 0. The second kappa shape index (κ2) is 5.97.